The lowest BCUT2D eigenvalue weighted by Gasteiger charge is -2.44. The van der Waals surface area contributed by atoms with Gasteiger partial charge >= 0.3 is 0 Å². The molecule has 1 aromatic heterocycles. The zero-order valence-electron chi connectivity index (χ0n) is 19.0. The topological polar surface area (TPSA) is 74.6 Å². The molecule has 174 valence electrons. The Morgan fingerprint density at radius 1 is 1.00 bits per heavy atom. The molecule has 4 atom stereocenters. The van der Waals surface area contributed by atoms with Crippen molar-refractivity contribution < 1.29 is 9.59 Å². The van der Waals surface area contributed by atoms with E-state index in [0.29, 0.717) is 37.5 Å². The highest BCUT2D eigenvalue weighted by molar-refractivity contribution is 5.83. The summed E-state index contributed by atoms with van der Waals surface area (Å²) in [4.78, 5) is 42.1. The lowest BCUT2D eigenvalue weighted by Crippen LogP contribution is -2.51. The van der Waals surface area contributed by atoms with Crippen LogP contribution in [0.25, 0.3) is 0 Å². The number of fused-ring (bicyclic) bond motifs is 5. The summed E-state index contributed by atoms with van der Waals surface area (Å²) >= 11 is 0. The number of pyridine rings is 1. The Hall–Kier alpha value is -2.15. The first-order chi connectivity index (χ1) is 15.6. The highest BCUT2D eigenvalue weighted by Gasteiger charge is 2.36. The Morgan fingerprint density at radius 2 is 1.88 bits per heavy atom. The second-order valence-electron chi connectivity index (χ2n) is 10.3. The molecular weight excluding hydrogens is 404 g/mol. The molecule has 0 unspecified atom stereocenters. The Morgan fingerprint density at radius 3 is 2.78 bits per heavy atom. The Balaban J connectivity index is 1.10. The first-order valence-electron chi connectivity index (χ1n) is 12.6. The number of carbonyl (C=O) groups is 2. The number of nitrogens with zero attached hydrogens (tertiary/aromatic N) is 3. The first-order valence-corrected chi connectivity index (χ1v) is 12.6. The second kappa shape index (κ2) is 9.38. The van der Waals surface area contributed by atoms with Gasteiger partial charge in [0.15, 0.2) is 0 Å². The molecule has 2 amide bonds. The number of rotatable bonds is 5. The predicted octanol–water partition coefficient (Wildman–Crippen LogP) is 1.95. The van der Waals surface area contributed by atoms with Crippen LogP contribution in [0.3, 0.4) is 0 Å². The van der Waals surface area contributed by atoms with Gasteiger partial charge in [-0.05, 0) is 63.1 Å². The number of nitrogens with one attached hydrogen (secondary N) is 1. The van der Waals surface area contributed by atoms with E-state index in [9.17, 15) is 14.4 Å². The van der Waals surface area contributed by atoms with Crippen LogP contribution in [-0.2, 0) is 16.1 Å². The molecule has 1 N–H and O–H groups in total. The van der Waals surface area contributed by atoms with Gasteiger partial charge in [-0.25, -0.2) is 0 Å². The monoisotopic (exact) mass is 440 g/mol. The summed E-state index contributed by atoms with van der Waals surface area (Å²) in [5.41, 5.74) is 1.11. The number of hydrogen-bond donors (Lipinski definition) is 1. The molecule has 1 aromatic rings. The van der Waals surface area contributed by atoms with Crippen LogP contribution in [0.5, 0.6) is 0 Å². The predicted molar refractivity (Wildman–Crippen MR) is 122 cm³/mol. The summed E-state index contributed by atoms with van der Waals surface area (Å²) in [6.07, 6.45) is 7.85. The van der Waals surface area contributed by atoms with E-state index in [1.165, 1.54) is 45.2 Å². The Kier molecular flexibility index (Phi) is 6.35. The maximum absolute atomic E-state index is 12.9. The zero-order valence-corrected chi connectivity index (χ0v) is 19.0. The summed E-state index contributed by atoms with van der Waals surface area (Å²) < 4.78 is 1.88. The van der Waals surface area contributed by atoms with Crippen LogP contribution in [0.15, 0.2) is 23.0 Å². The van der Waals surface area contributed by atoms with Gasteiger partial charge in [0, 0.05) is 62.7 Å². The minimum atomic E-state index is 0.000356. The number of piperidine rings is 3. The average Bonchev–Trinajstić information content (AvgIpc) is 2.81. The van der Waals surface area contributed by atoms with E-state index >= 15 is 0 Å². The molecule has 0 aliphatic carbocycles. The normalized spacial score (nSPS) is 29.7. The third-order valence-corrected chi connectivity index (χ3v) is 8.19. The molecule has 0 saturated carbocycles. The minimum absolute atomic E-state index is 0.000356. The fourth-order valence-corrected chi connectivity index (χ4v) is 6.63. The number of likely N-dealkylation sites (tertiary alicyclic amines) is 1. The van der Waals surface area contributed by atoms with Crippen molar-refractivity contribution >= 4 is 11.8 Å². The van der Waals surface area contributed by atoms with Gasteiger partial charge < -0.3 is 19.7 Å². The second-order valence-corrected chi connectivity index (χ2v) is 10.3. The fraction of sp³-hybridized carbons (Fsp3) is 0.720. The van der Waals surface area contributed by atoms with Crippen molar-refractivity contribution in [2.75, 3.05) is 32.7 Å². The fourth-order valence-electron chi connectivity index (χ4n) is 6.63. The summed E-state index contributed by atoms with van der Waals surface area (Å²) in [6, 6.07) is 6.08. The molecule has 2 bridgehead atoms. The Labute approximate surface area is 190 Å². The number of aromatic nitrogens is 1. The van der Waals surface area contributed by atoms with E-state index in [0.717, 1.165) is 18.7 Å². The molecule has 0 radical (unpaired) electrons. The van der Waals surface area contributed by atoms with Crippen molar-refractivity contribution in [2.24, 2.45) is 11.8 Å². The van der Waals surface area contributed by atoms with Crippen molar-refractivity contribution in [1.29, 1.82) is 0 Å². The van der Waals surface area contributed by atoms with Crippen LogP contribution in [-0.4, -0.2) is 64.9 Å². The van der Waals surface area contributed by atoms with Crippen LogP contribution < -0.4 is 10.9 Å². The van der Waals surface area contributed by atoms with E-state index < -0.39 is 0 Å². The highest BCUT2D eigenvalue weighted by atomic mass is 16.2. The standard InChI is InChI=1S/C25H36N4O3/c30-23(26-14-19-5-4-12-27-11-2-1-6-21(19)27)9-10-24(31)28-15-18-13-20(17-28)22-7-3-8-25(32)29(22)16-18/h3,7-8,18-21H,1-2,4-6,9-17H2,(H,26,30)/t18-,19+,20+,21-/m1/s1. The van der Waals surface area contributed by atoms with E-state index in [2.05, 4.69) is 10.2 Å². The number of carbonyl (C=O) groups excluding carboxylic acids is 2. The maximum Gasteiger partial charge on any atom is 0.250 e. The molecule has 3 saturated heterocycles. The largest absolute Gasteiger partial charge is 0.356 e. The molecule has 7 heteroatoms. The van der Waals surface area contributed by atoms with Gasteiger partial charge in [-0.3, -0.25) is 14.4 Å². The average molecular weight is 441 g/mol. The highest BCUT2D eigenvalue weighted by Crippen LogP contribution is 2.35. The lowest BCUT2D eigenvalue weighted by molar-refractivity contribution is -0.136. The smallest absolute Gasteiger partial charge is 0.250 e. The van der Waals surface area contributed by atoms with Crippen LogP contribution in [0.1, 0.15) is 63.0 Å². The molecule has 5 rings (SSSR count). The van der Waals surface area contributed by atoms with Crippen molar-refractivity contribution in [1.82, 2.24) is 19.7 Å². The van der Waals surface area contributed by atoms with E-state index in [-0.39, 0.29) is 36.1 Å². The summed E-state index contributed by atoms with van der Waals surface area (Å²) in [7, 11) is 0. The van der Waals surface area contributed by atoms with Gasteiger partial charge in [-0.1, -0.05) is 12.5 Å². The maximum atomic E-state index is 12.9. The molecule has 7 nitrogen and oxygen atoms in total. The Bertz CT molecular complexity index is 911. The molecule has 32 heavy (non-hydrogen) atoms. The van der Waals surface area contributed by atoms with Crippen molar-refractivity contribution in [3.63, 3.8) is 0 Å². The molecule has 0 aromatic carbocycles. The van der Waals surface area contributed by atoms with Gasteiger partial charge in [0.05, 0.1) is 0 Å². The van der Waals surface area contributed by atoms with Gasteiger partial charge in [0.25, 0.3) is 5.56 Å². The number of hydrogen-bond acceptors (Lipinski definition) is 4. The quantitative estimate of drug-likeness (QED) is 0.760. The zero-order chi connectivity index (χ0) is 22.1. The minimum Gasteiger partial charge on any atom is -0.356 e. The van der Waals surface area contributed by atoms with Crippen molar-refractivity contribution in [3.8, 4) is 0 Å². The van der Waals surface area contributed by atoms with Crippen LogP contribution in [0, 0.1) is 11.8 Å². The van der Waals surface area contributed by atoms with Gasteiger partial charge in [-0.2, -0.15) is 0 Å². The molecular formula is C25H36N4O3. The molecule has 5 heterocycles. The molecule has 3 fully saturated rings. The third-order valence-electron chi connectivity index (χ3n) is 8.19. The summed E-state index contributed by atoms with van der Waals surface area (Å²) in [5.74, 6) is 1.16. The van der Waals surface area contributed by atoms with Crippen molar-refractivity contribution in [3.05, 3.63) is 34.2 Å². The molecule has 4 aliphatic heterocycles. The van der Waals surface area contributed by atoms with Gasteiger partial charge in [0.2, 0.25) is 11.8 Å². The van der Waals surface area contributed by atoms with Gasteiger partial charge in [-0.15, -0.1) is 0 Å². The van der Waals surface area contributed by atoms with E-state index in [1.54, 1.807) is 6.07 Å². The van der Waals surface area contributed by atoms with Crippen LogP contribution in [0.2, 0.25) is 0 Å². The lowest BCUT2D eigenvalue weighted by atomic mass is 9.83. The SMILES string of the molecule is O=C(CCC(=O)N1C[C@H]2C[C@@H](C1)c1cccc(=O)n1C2)NC[C@@H]1CCCN2CCCC[C@H]12. The van der Waals surface area contributed by atoms with E-state index in [4.69, 9.17) is 0 Å². The van der Waals surface area contributed by atoms with Crippen LogP contribution >= 0.6 is 0 Å². The van der Waals surface area contributed by atoms with E-state index in [1.807, 2.05) is 21.6 Å². The number of amides is 2. The summed E-state index contributed by atoms with van der Waals surface area (Å²) in [5, 5.41) is 3.13. The third kappa shape index (κ3) is 4.49. The molecule has 4 aliphatic rings. The summed E-state index contributed by atoms with van der Waals surface area (Å²) in [6.45, 7) is 5.20. The van der Waals surface area contributed by atoms with Gasteiger partial charge in [0.1, 0.15) is 0 Å². The van der Waals surface area contributed by atoms with Crippen LogP contribution in [0.4, 0.5) is 0 Å². The molecule has 0 spiro atoms. The first kappa shape index (κ1) is 21.7. The van der Waals surface area contributed by atoms with Crippen molar-refractivity contribution in [2.45, 2.75) is 69.9 Å².